The highest BCUT2D eigenvalue weighted by molar-refractivity contribution is 7.86. The summed E-state index contributed by atoms with van der Waals surface area (Å²) < 4.78 is 34.6. The maximum absolute atomic E-state index is 11.7. The van der Waals surface area contributed by atoms with Crippen molar-refractivity contribution >= 4 is 21.5 Å². The van der Waals surface area contributed by atoms with Crippen molar-refractivity contribution in [2.75, 3.05) is 12.0 Å². The molecule has 0 unspecified atom stereocenters. The molecule has 0 bridgehead atoms. The summed E-state index contributed by atoms with van der Waals surface area (Å²) >= 11 is 0. The zero-order chi connectivity index (χ0) is 19.2. The van der Waals surface area contributed by atoms with E-state index in [1.165, 1.54) is 12.1 Å². The van der Waals surface area contributed by atoms with E-state index in [1.807, 2.05) is 13.8 Å². The number of nitrogen functional groups attached to an aromatic ring is 1. The van der Waals surface area contributed by atoms with Gasteiger partial charge in [-0.1, -0.05) is 13.8 Å². The Balaban J connectivity index is 2.63. The summed E-state index contributed by atoms with van der Waals surface area (Å²) in [7, 11) is -3.76. The second-order valence-electron chi connectivity index (χ2n) is 6.93. The predicted octanol–water partition coefficient (Wildman–Crippen LogP) is 1.73. The molecule has 0 saturated heterocycles. The predicted molar refractivity (Wildman–Crippen MR) is 92.9 cm³/mol. The summed E-state index contributed by atoms with van der Waals surface area (Å²) in [5.41, 5.74) is 4.97. The number of nitro benzene ring substituents is 1. The van der Waals surface area contributed by atoms with Gasteiger partial charge in [-0.3, -0.25) is 14.3 Å². The van der Waals surface area contributed by atoms with Crippen LogP contribution in [0.3, 0.4) is 0 Å². The Morgan fingerprint density at radius 1 is 1.40 bits per heavy atom. The highest BCUT2D eigenvalue weighted by Crippen LogP contribution is 2.45. The van der Waals surface area contributed by atoms with E-state index in [4.69, 9.17) is 14.7 Å². The molecular weight excluding hydrogens is 350 g/mol. The van der Waals surface area contributed by atoms with Crippen molar-refractivity contribution < 1.29 is 22.3 Å². The molecule has 140 valence electrons. The Bertz CT molecular complexity index is 791. The van der Waals surface area contributed by atoms with E-state index in [1.54, 1.807) is 13.8 Å². The van der Waals surface area contributed by atoms with Crippen LogP contribution >= 0.6 is 0 Å². The molecule has 2 rings (SSSR count). The van der Waals surface area contributed by atoms with Gasteiger partial charge in [0.05, 0.1) is 23.3 Å². The number of benzene rings is 1. The van der Waals surface area contributed by atoms with Gasteiger partial charge in [0.15, 0.2) is 0 Å². The normalized spacial score (nSPS) is 22.3. The SMILES string of the molecule is CC(C)N[C@H]1c2cc(N)c([N+](=O)[O-])cc2OC(C)(C)[C@@H]1OS(C)(=O)=O. The molecule has 0 fully saturated rings. The third-order valence-corrected chi connectivity index (χ3v) is 4.40. The highest BCUT2D eigenvalue weighted by Gasteiger charge is 2.47. The van der Waals surface area contributed by atoms with Gasteiger partial charge in [0, 0.05) is 11.6 Å². The molecule has 3 N–H and O–H groups in total. The fourth-order valence-electron chi connectivity index (χ4n) is 2.89. The first-order valence-electron chi connectivity index (χ1n) is 7.73. The molecule has 0 aromatic heterocycles. The molecule has 1 aliphatic heterocycles. The standard InChI is InChI=1S/C15H23N3O6S/c1-8(2)17-13-9-6-10(16)11(18(19)20)7-12(9)23-15(3,4)14(13)24-25(5,21)22/h6-8,13-14,17H,16H2,1-5H3/t13-,14+/m0/s1. The molecule has 0 spiro atoms. The van der Waals surface area contributed by atoms with Gasteiger partial charge < -0.3 is 15.8 Å². The maximum Gasteiger partial charge on any atom is 0.295 e. The topological polar surface area (TPSA) is 134 Å². The van der Waals surface area contributed by atoms with Crippen LogP contribution in [0.2, 0.25) is 0 Å². The molecule has 0 aliphatic carbocycles. The van der Waals surface area contributed by atoms with Crippen LogP contribution < -0.4 is 15.8 Å². The van der Waals surface area contributed by atoms with E-state index in [0.29, 0.717) is 5.56 Å². The van der Waals surface area contributed by atoms with E-state index in [2.05, 4.69) is 5.32 Å². The number of rotatable bonds is 5. The number of nitrogens with two attached hydrogens (primary N) is 1. The van der Waals surface area contributed by atoms with Gasteiger partial charge in [0.2, 0.25) is 0 Å². The van der Waals surface area contributed by atoms with Crippen molar-refractivity contribution in [3.63, 3.8) is 0 Å². The van der Waals surface area contributed by atoms with Gasteiger partial charge in [-0.15, -0.1) is 0 Å². The van der Waals surface area contributed by atoms with Crippen molar-refractivity contribution in [3.05, 3.63) is 27.8 Å². The van der Waals surface area contributed by atoms with Gasteiger partial charge in [-0.2, -0.15) is 8.42 Å². The Morgan fingerprint density at radius 2 is 2.00 bits per heavy atom. The molecule has 1 aromatic carbocycles. The zero-order valence-corrected chi connectivity index (χ0v) is 15.6. The zero-order valence-electron chi connectivity index (χ0n) is 14.8. The molecule has 2 atom stereocenters. The van der Waals surface area contributed by atoms with Crippen LogP contribution in [0.15, 0.2) is 12.1 Å². The van der Waals surface area contributed by atoms with Crippen molar-refractivity contribution in [3.8, 4) is 5.75 Å². The molecule has 9 nitrogen and oxygen atoms in total. The summed E-state index contributed by atoms with van der Waals surface area (Å²) in [6.07, 6.45) is 0.0909. The van der Waals surface area contributed by atoms with Crippen LogP contribution in [0.5, 0.6) is 5.75 Å². The molecule has 1 heterocycles. The van der Waals surface area contributed by atoms with Gasteiger partial charge in [-0.05, 0) is 19.9 Å². The number of nitrogens with one attached hydrogen (secondary N) is 1. The van der Waals surface area contributed by atoms with Gasteiger partial charge >= 0.3 is 0 Å². The molecule has 1 aromatic rings. The van der Waals surface area contributed by atoms with E-state index in [-0.39, 0.29) is 23.2 Å². The lowest BCUT2D eigenvalue weighted by Gasteiger charge is -2.44. The summed E-state index contributed by atoms with van der Waals surface area (Å²) in [5, 5.41) is 14.4. The molecule has 0 amide bonds. The minimum atomic E-state index is -3.76. The number of anilines is 1. The summed E-state index contributed by atoms with van der Waals surface area (Å²) in [6, 6.07) is 2.12. The Labute approximate surface area is 146 Å². The van der Waals surface area contributed by atoms with Crippen LogP contribution in [0, 0.1) is 10.1 Å². The Hall–Kier alpha value is -1.91. The average Bonchev–Trinajstić information content (AvgIpc) is 2.41. The number of nitrogens with zero attached hydrogens (tertiary/aromatic N) is 1. The van der Waals surface area contributed by atoms with Gasteiger partial charge in [0.25, 0.3) is 15.8 Å². The third-order valence-electron chi connectivity index (χ3n) is 3.84. The number of ether oxygens (including phenoxy) is 1. The molecule has 0 saturated carbocycles. The summed E-state index contributed by atoms with van der Waals surface area (Å²) in [5.74, 6) is 0.275. The minimum Gasteiger partial charge on any atom is -0.484 e. The average molecular weight is 373 g/mol. The quantitative estimate of drug-likeness (QED) is 0.345. The van der Waals surface area contributed by atoms with Gasteiger partial charge in [-0.25, -0.2) is 0 Å². The highest BCUT2D eigenvalue weighted by atomic mass is 32.2. The Kier molecular flexibility index (Phi) is 4.99. The van der Waals surface area contributed by atoms with E-state index in [0.717, 1.165) is 6.26 Å². The first-order valence-corrected chi connectivity index (χ1v) is 9.54. The fourth-order valence-corrected chi connectivity index (χ4v) is 3.61. The van der Waals surface area contributed by atoms with Crippen LogP contribution in [0.25, 0.3) is 0 Å². The first kappa shape index (κ1) is 19.4. The molecular formula is C15H23N3O6S. The van der Waals surface area contributed by atoms with E-state index in [9.17, 15) is 18.5 Å². The van der Waals surface area contributed by atoms with Crippen LogP contribution in [-0.4, -0.2) is 37.3 Å². The lowest BCUT2D eigenvalue weighted by atomic mass is 9.85. The van der Waals surface area contributed by atoms with Crippen molar-refractivity contribution in [1.29, 1.82) is 0 Å². The summed E-state index contributed by atoms with van der Waals surface area (Å²) in [4.78, 5) is 10.5. The molecule has 25 heavy (non-hydrogen) atoms. The van der Waals surface area contributed by atoms with E-state index < -0.39 is 32.8 Å². The summed E-state index contributed by atoms with van der Waals surface area (Å²) in [6.45, 7) is 7.13. The van der Waals surface area contributed by atoms with Crippen molar-refractivity contribution in [2.45, 2.75) is 51.5 Å². The van der Waals surface area contributed by atoms with E-state index >= 15 is 0 Å². The number of hydrogen-bond donors (Lipinski definition) is 2. The second kappa shape index (κ2) is 6.43. The molecule has 1 aliphatic rings. The number of fused-ring (bicyclic) bond motifs is 1. The molecule has 0 radical (unpaired) electrons. The lowest BCUT2D eigenvalue weighted by Crippen LogP contribution is -2.55. The van der Waals surface area contributed by atoms with Crippen LogP contribution in [-0.2, 0) is 14.3 Å². The largest absolute Gasteiger partial charge is 0.484 e. The van der Waals surface area contributed by atoms with Crippen LogP contribution in [0.1, 0.15) is 39.3 Å². The monoisotopic (exact) mass is 373 g/mol. The smallest absolute Gasteiger partial charge is 0.295 e. The maximum atomic E-state index is 11.7. The minimum absolute atomic E-state index is 0.00572. The number of hydrogen-bond acceptors (Lipinski definition) is 8. The van der Waals surface area contributed by atoms with Crippen LogP contribution in [0.4, 0.5) is 11.4 Å². The molecule has 10 heteroatoms. The first-order chi connectivity index (χ1) is 11.3. The van der Waals surface area contributed by atoms with Gasteiger partial charge in [0.1, 0.15) is 23.1 Å². The second-order valence-corrected chi connectivity index (χ2v) is 8.53. The lowest BCUT2D eigenvalue weighted by molar-refractivity contribution is -0.384. The Morgan fingerprint density at radius 3 is 2.48 bits per heavy atom. The number of nitro groups is 1. The third kappa shape index (κ3) is 4.20. The van der Waals surface area contributed by atoms with Crippen molar-refractivity contribution in [2.24, 2.45) is 0 Å². The fraction of sp³-hybridized carbons (Fsp3) is 0.600. The van der Waals surface area contributed by atoms with Crippen molar-refractivity contribution in [1.82, 2.24) is 5.32 Å².